The summed E-state index contributed by atoms with van der Waals surface area (Å²) < 4.78 is 5.35. The van der Waals surface area contributed by atoms with Gasteiger partial charge in [-0.1, -0.05) is 13.0 Å². The highest BCUT2D eigenvalue weighted by Gasteiger charge is 2.08. The van der Waals surface area contributed by atoms with Gasteiger partial charge in [0.25, 0.3) is 5.22 Å². The molecule has 0 aliphatic rings. The molecule has 2 N–H and O–H groups in total. The highest BCUT2D eigenvalue weighted by Crippen LogP contribution is 2.28. The van der Waals surface area contributed by atoms with Gasteiger partial charge in [-0.15, -0.1) is 0 Å². The van der Waals surface area contributed by atoms with Gasteiger partial charge in [0.15, 0.2) is 0 Å². The van der Waals surface area contributed by atoms with Crippen molar-refractivity contribution in [2.45, 2.75) is 49.8 Å². The molecule has 1 heterocycles. The van der Waals surface area contributed by atoms with Gasteiger partial charge in [-0.2, -0.15) is 0 Å². The molecule has 0 saturated carbocycles. The number of hydrogen-bond donors (Lipinski definition) is 1. The maximum Gasteiger partial charge on any atom is 0.260 e. The molecule has 0 spiro atoms. The van der Waals surface area contributed by atoms with Crippen LogP contribution in [0.5, 0.6) is 0 Å². The molecule has 102 valence electrons. The second kappa shape index (κ2) is 6.26. The summed E-state index contributed by atoms with van der Waals surface area (Å²) in [5.74, 6) is 0. The van der Waals surface area contributed by atoms with E-state index in [1.807, 2.05) is 6.92 Å². The van der Waals surface area contributed by atoms with Crippen molar-refractivity contribution < 1.29 is 4.42 Å². The van der Waals surface area contributed by atoms with Crippen molar-refractivity contribution in [3.05, 3.63) is 41.3 Å². The minimum atomic E-state index is 0.242. The van der Waals surface area contributed by atoms with Crippen LogP contribution in [0, 0.1) is 13.8 Å². The third-order valence-corrected chi connectivity index (χ3v) is 3.98. The molecule has 1 aromatic heterocycles. The fourth-order valence-electron chi connectivity index (χ4n) is 1.87. The number of aromatic nitrogens is 1. The molecule has 2 rings (SSSR count). The number of oxazole rings is 1. The fourth-order valence-corrected chi connectivity index (χ4v) is 2.73. The van der Waals surface area contributed by atoms with Crippen molar-refractivity contribution in [1.82, 2.24) is 4.98 Å². The summed E-state index contributed by atoms with van der Waals surface area (Å²) in [7, 11) is 0. The summed E-state index contributed by atoms with van der Waals surface area (Å²) in [6.45, 7) is 6.17. The van der Waals surface area contributed by atoms with E-state index >= 15 is 0 Å². The smallest absolute Gasteiger partial charge is 0.260 e. The van der Waals surface area contributed by atoms with Gasteiger partial charge < -0.3 is 10.2 Å². The molecule has 0 fully saturated rings. The molecule has 4 heteroatoms. The zero-order valence-corrected chi connectivity index (χ0v) is 12.5. The van der Waals surface area contributed by atoms with Gasteiger partial charge in [0.1, 0.15) is 6.26 Å². The van der Waals surface area contributed by atoms with Crippen LogP contribution < -0.4 is 5.73 Å². The first-order valence-electron chi connectivity index (χ1n) is 6.53. The summed E-state index contributed by atoms with van der Waals surface area (Å²) in [6.07, 6.45) is 3.61. The van der Waals surface area contributed by atoms with Crippen LogP contribution in [0.4, 0.5) is 0 Å². The van der Waals surface area contributed by atoms with Crippen LogP contribution in [0.3, 0.4) is 0 Å². The molecule has 1 unspecified atom stereocenters. The van der Waals surface area contributed by atoms with Crippen LogP contribution in [0.25, 0.3) is 0 Å². The number of nitrogens with two attached hydrogens (primary N) is 1. The number of aryl methyl sites for hydroxylation is 2. The highest BCUT2D eigenvalue weighted by molar-refractivity contribution is 7.99. The van der Waals surface area contributed by atoms with Crippen molar-refractivity contribution in [2.75, 3.05) is 0 Å². The van der Waals surface area contributed by atoms with Gasteiger partial charge in [-0.3, -0.25) is 0 Å². The first kappa shape index (κ1) is 14.2. The zero-order chi connectivity index (χ0) is 13.8. The Morgan fingerprint density at radius 1 is 1.37 bits per heavy atom. The number of rotatable bonds is 5. The van der Waals surface area contributed by atoms with Crippen LogP contribution in [0.1, 0.15) is 30.2 Å². The van der Waals surface area contributed by atoms with Gasteiger partial charge in [-0.05, 0) is 61.7 Å². The Bertz CT molecular complexity index is 551. The Hall–Kier alpha value is -1.26. The van der Waals surface area contributed by atoms with Crippen molar-refractivity contribution in [3.8, 4) is 0 Å². The van der Waals surface area contributed by atoms with Crippen LogP contribution in [-0.4, -0.2) is 11.0 Å². The first-order valence-corrected chi connectivity index (χ1v) is 7.35. The van der Waals surface area contributed by atoms with Crippen molar-refractivity contribution in [3.63, 3.8) is 0 Å². The van der Waals surface area contributed by atoms with Crippen molar-refractivity contribution >= 4 is 11.8 Å². The maximum absolute atomic E-state index is 6.01. The molecule has 0 bridgehead atoms. The van der Waals surface area contributed by atoms with Crippen molar-refractivity contribution in [2.24, 2.45) is 5.73 Å². The third kappa shape index (κ3) is 3.85. The van der Waals surface area contributed by atoms with Crippen LogP contribution >= 0.6 is 11.8 Å². The Balaban J connectivity index is 2.10. The van der Waals surface area contributed by atoms with E-state index in [-0.39, 0.29) is 6.04 Å². The predicted octanol–water partition coefficient (Wildman–Crippen LogP) is 3.72. The number of nitrogens with zero attached hydrogens (tertiary/aromatic N) is 1. The highest BCUT2D eigenvalue weighted by atomic mass is 32.2. The molecular formula is C15H20N2OS. The lowest BCUT2D eigenvalue weighted by molar-refractivity contribution is 0.454. The summed E-state index contributed by atoms with van der Waals surface area (Å²) in [5, 5.41) is 0.690. The monoisotopic (exact) mass is 276 g/mol. The molecule has 19 heavy (non-hydrogen) atoms. The second-order valence-electron chi connectivity index (χ2n) is 4.82. The maximum atomic E-state index is 6.01. The third-order valence-electron chi connectivity index (χ3n) is 3.12. The molecular weight excluding hydrogens is 256 g/mol. The first-order chi connectivity index (χ1) is 9.08. The van der Waals surface area contributed by atoms with Crippen LogP contribution in [-0.2, 0) is 6.42 Å². The quantitative estimate of drug-likeness (QED) is 0.904. The standard InChI is InChI=1S/C15H20N2OS/c1-4-13(16)8-12-5-6-14(7-10(12)2)19-15-17-11(3)9-18-15/h5-7,9,13H,4,8,16H2,1-3H3. The molecule has 0 radical (unpaired) electrons. The average molecular weight is 276 g/mol. The number of hydrogen-bond acceptors (Lipinski definition) is 4. The van der Waals surface area contributed by atoms with E-state index in [1.54, 1.807) is 18.0 Å². The molecule has 2 aromatic rings. The molecule has 1 aromatic carbocycles. The van der Waals surface area contributed by atoms with E-state index < -0.39 is 0 Å². The largest absolute Gasteiger partial charge is 0.439 e. The Morgan fingerprint density at radius 3 is 2.74 bits per heavy atom. The van der Waals surface area contributed by atoms with Gasteiger partial charge in [0.05, 0.1) is 5.69 Å². The van der Waals surface area contributed by atoms with E-state index in [1.165, 1.54) is 11.1 Å². The van der Waals surface area contributed by atoms with Crippen LogP contribution in [0.2, 0.25) is 0 Å². The van der Waals surface area contributed by atoms with Gasteiger partial charge in [-0.25, -0.2) is 4.98 Å². The molecule has 0 aliphatic heterocycles. The topological polar surface area (TPSA) is 52.0 Å². The minimum absolute atomic E-state index is 0.242. The normalized spacial score (nSPS) is 12.6. The van der Waals surface area contributed by atoms with E-state index in [4.69, 9.17) is 10.2 Å². The minimum Gasteiger partial charge on any atom is -0.439 e. The summed E-state index contributed by atoms with van der Waals surface area (Å²) in [4.78, 5) is 5.44. The summed E-state index contributed by atoms with van der Waals surface area (Å²) in [6, 6.07) is 6.67. The lowest BCUT2D eigenvalue weighted by atomic mass is 10.0. The lowest BCUT2D eigenvalue weighted by Gasteiger charge is -2.12. The molecule has 3 nitrogen and oxygen atoms in total. The number of benzene rings is 1. The molecule has 0 aliphatic carbocycles. The van der Waals surface area contributed by atoms with Crippen LogP contribution in [0.15, 0.2) is 39.0 Å². The van der Waals surface area contributed by atoms with E-state index in [0.29, 0.717) is 5.22 Å². The predicted molar refractivity (Wildman–Crippen MR) is 78.5 cm³/mol. The average Bonchev–Trinajstić information content (AvgIpc) is 2.78. The Morgan fingerprint density at radius 2 is 2.16 bits per heavy atom. The zero-order valence-electron chi connectivity index (χ0n) is 11.6. The van der Waals surface area contributed by atoms with Gasteiger partial charge in [0, 0.05) is 10.9 Å². The fraction of sp³-hybridized carbons (Fsp3) is 0.400. The molecule has 1 atom stereocenters. The van der Waals surface area contributed by atoms with E-state index in [2.05, 4.69) is 37.0 Å². The van der Waals surface area contributed by atoms with E-state index in [0.717, 1.165) is 23.4 Å². The van der Waals surface area contributed by atoms with Crippen molar-refractivity contribution in [1.29, 1.82) is 0 Å². The van der Waals surface area contributed by atoms with E-state index in [9.17, 15) is 0 Å². The second-order valence-corrected chi connectivity index (χ2v) is 5.84. The van der Waals surface area contributed by atoms with Gasteiger partial charge in [0.2, 0.25) is 0 Å². The SMILES string of the molecule is CCC(N)Cc1ccc(Sc2nc(C)co2)cc1C. The summed E-state index contributed by atoms with van der Waals surface area (Å²) >= 11 is 1.55. The molecule has 0 saturated heterocycles. The lowest BCUT2D eigenvalue weighted by Crippen LogP contribution is -2.21. The molecule has 0 amide bonds. The van der Waals surface area contributed by atoms with Gasteiger partial charge >= 0.3 is 0 Å². The summed E-state index contributed by atoms with van der Waals surface area (Å²) in [5.41, 5.74) is 9.51. The Labute approximate surface area is 118 Å². The Kier molecular flexibility index (Phi) is 4.66.